The van der Waals surface area contributed by atoms with Crippen molar-refractivity contribution in [3.63, 3.8) is 0 Å². The summed E-state index contributed by atoms with van der Waals surface area (Å²) in [5.41, 5.74) is -0.683. The van der Waals surface area contributed by atoms with Crippen molar-refractivity contribution in [2.75, 3.05) is 13.1 Å². The van der Waals surface area contributed by atoms with Gasteiger partial charge < -0.3 is 9.32 Å². The van der Waals surface area contributed by atoms with Crippen LogP contribution in [0.1, 0.15) is 23.2 Å². The molecule has 0 spiro atoms. The highest BCUT2D eigenvalue weighted by atomic mass is 16.6. The van der Waals surface area contributed by atoms with Crippen molar-refractivity contribution in [2.45, 2.75) is 12.8 Å². The van der Waals surface area contributed by atoms with E-state index in [2.05, 4.69) is 0 Å². The lowest BCUT2D eigenvalue weighted by Crippen LogP contribution is -2.31. The Morgan fingerprint density at radius 1 is 1.24 bits per heavy atom. The summed E-state index contributed by atoms with van der Waals surface area (Å²) in [6, 6.07) is 5.28. The Morgan fingerprint density at radius 3 is 2.62 bits per heavy atom. The van der Waals surface area contributed by atoms with Gasteiger partial charge in [0.2, 0.25) is 0 Å². The lowest BCUT2D eigenvalue weighted by atomic mass is 10.1. The zero-order valence-corrected chi connectivity index (χ0v) is 11.1. The maximum atomic E-state index is 12.3. The second kappa shape index (κ2) is 5.01. The molecule has 0 bridgehead atoms. The number of nitro benzene ring substituents is 1. The molecule has 0 atom stereocenters. The first kappa shape index (κ1) is 13.3. The van der Waals surface area contributed by atoms with Crippen molar-refractivity contribution < 1.29 is 14.1 Å². The largest absolute Gasteiger partial charge is 0.422 e. The van der Waals surface area contributed by atoms with Crippen LogP contribution in [0.5, 0.6) is 0 Å². The van der Waals surface area contributed by atoms with E-state index in [0.29, 0.717) is 18.5 Å². The maximum absolute atomic E-state index is 12.3. The van der Waals surface area contributed by atoms with Crippen LogP contribution in [0.4, 0.5) is 5.69 Å². The molecule has 1 saturated heterocycles. The Kier molecular flexibility index (Phi) is 3.17. The van der Waals surface area contributed by atoms with Crippen molar-refractivity contribution in [2.24, 2.45) is 0 Å². The summed E-state index contributed by atoms with van der Waals surface area (Å²) in [7, 11) is 0. The van der Waals surface area contributed by atoms with Crippen molar-refractivity contribution in [3.05, 3.63) is 50.4 Å². The van der Waals surface area contributed by atoms with Gasteiger partial charge in [-0.2, -0.15) is 0 Å². The summed E-state index contributed by atoms with van der Waals surface area (Å²) < 4.78 is 5.08. The first-order valence-electron chi connectivity index (χ1n) is 6.58. The molecule has 0 N–H and O–H groups in total. The van der Waals surface area contributed by atoms with Crippen LogP contribution >= 0.6 is 0 Å². The van der Waals surface area contributed by atoms with Gasteiger partial charge in [-0.3, -0.25) is 14.9 Å². The average molecular weight is 288 g/mol. The molecule has 7 nitrogen and oxygen atoms in total. The Morgan fingerprint density at radius 2 is 1.95 bits per heavy atom. The highest BCUT2D eigenvalue weighted by Crippen LogP contribution is 2.21. The van der Waals surface area contributed by atoms with Gasteiger partial charge in [-0.05, 0) is 25.0 Å². The normalized spacial score (nSPS) is 14.6. The summed E-state index contributed by atoms with van der Waals surface area (Å²) in [6.07, 6.45) is 1.83. The number of carbonyl (C=O) groups excluding carboxylic acids is 1. The SMILES string of the molecule is O=C(c1cc2cc([N+](=O)[O-])ccc2oc1=O)N1CCCC1. The van der Waals surface area contributed by atoms with Crippen LogP contribution in [0, 0.1) is 10.1 Å². The molecule has 0 aliphatic carbocycles. The van der Waals surface area contributed by atoms with Gasteiger partial charge in [0.15, 0.2) is 0 Å². The molecule has 2 heterocycles. The van der Waals surface area contributed by atoms with Crippen LogP contribution in [0.2, 0.25) is 0 Å². The third kappa shape index (κ3) is 2.37. The number of rotatable bonds is 2. The molecule has 2 aromatic rings. The zero-order valence-electron chi connectivity index (χ0n) is 11.1. The predicted octanol–water partition coefficient (Wildman–Crippen LogP) is 1.94. The highest BCUT2D eigenvalue weighted by Gasteiger charge is 2.23. The minimum atomic E-state index is -0.715. The lowest BCUT2D eigenvalue weighted by molar-refractivity contribution is -0.384. The van der Waals surface area contributed by atoms with E-state index in [1.54, 1.807) is 4.90 Å². The molecule has 0 unspecified atom stereocenters. The quantitative estimate of drug-likeness (QED) is 0.478. The van der Waals surface area contributed by atoms with Crippen LogP contribution in [0.3, 0.4) is 0 Å². The van der Waals surface area contributed by atoms with E-state index in [0.717, 1.165) is 12.8 Å². The van der Waals surface area contributed by atoms with Crippen LogP contribution in [0.25, 0.3) is 11.0 Å². The average Bonchev–Trinajstić information content (AvgIpc) is 2.99. The fourth-order valence-electron chi connectivity index (χ4n) is 2.46. The number of fused-ring (bicyclic) bond motifs is 1. The number of non-ortho nitro benzene ring substituents is 1. The standard InChI is InChI=1S/C14H12N2O5/c17-13(15-5-1-2-6-15)11-8-9-7-10(16(19)20)3-4-12(9)21-14(11)18/h3-4,7-8H,1-2,5-6H2. The first-order chi connectivity index (χ1) is 10.1. The van der Waals surface area contributed by atoms with Crippen molar-refractivity contribution >= 4 is 22.6 Å². The van der Waals surface area contributed by atoms with Gasteiger partial charge in [0.05, 0.1) is 4.92 Å². The molecule has 21 heavy (non-hydrogen) atoms. The topological polar surface area (TPSA) is 93.7 Å². The Balaban J connectivity index is 2.09. The van der Waals surface area contributed by atoms with Crippen LogP contribution < -0.4 is 5.63 Å². The molecule has 7 heteroatoms. The monoisotopic (exact) mass is 288 g/mol. The van der Waals surface area contributed by atoms with Gasteiger partial charge in [-0.15, -0.1) is 0 Å². The van der Waals surface area contributed by atoms with Gasteiger partial charge in [-0.1, -0.05) is 0 Å². The van der Waals surface area contributed by atoms with E-state index in [-0.39, 0.29) is 22.7 Å². The molecule has 1 aromatic carbocycles. The number of nitro groups is 1. The smallest absolute Gasteiger partial charge is 0.349 e. The van der Waals surface area contributed by atoms with E-state index >= 15 is 0 Å². The van der Waals surface area contributed by atoms with Crippen molar-refractivity contribution in [1.82, 2.24) is 4.90 Å². The Hall–Kier alpha value is -2.70. The molecule has 1 fully saturated rings. The molecule has 1 aromatic heterocycles. The summed E-state index contributed by atoms with van der Waals surface area (Å²) in [5.74, 6) is -0.380. The summed E-state index contributed by atoms with van der Waals surface area (Å²) >= 11 is 0. The van der Waals surface area contributed by atoms with Crippen LogP contribution in [0.15, 0.2) is 33.5 Å². The molecular formula is C14H12N2O5. The maximum Gasteiger partial charge on any atom is 0.349 e. The van der Waals surface area contributed by atoms with E-state index in [1.165, 1.54) is 24.3 Å². The Labute approximate surface area is 118 Å². The number of benzene rings is 1. The number of carbonyl (C=O) groups is 1. The van der Waals surface area contributed by atoms with Crippen LogP contribution in [-0.4, -0.2) is 28.8 Å². The number of likely N-dealkylation sites (tertiary alicyclic amines) is 1. The number of hydrogen-bond donors (Lipinski definition) is 0. The van der Waals surface area contributed by atoms with Crippen molar-refractivity contribution in [3.8, 4) is 0 Å². The van der Waals surface area contributed by atoms with E-state index in [9.17, 15) is 19.7 Å². The van der Waals surface area contributed by atoms with Gasteiger partial charge in [0, 0.05) is 30.6 Å². The van der Waals surface area contributed by atoms with E-state index in [4.69, 9.17) is 4.42 Å². The van der Waals surface area contributed by atoms with Gasteiger partial charge in [0.25, 0.3) is 11.6 Å². The predicted molar refractivity (Wildman–Crippen MR) is 74.3 cm³/mol. The first-order valence-corrected chi connectivity index (χ1v) is 6.58. The van der Waals surface area contributed by atoms with E-state index in [1.807, 2.05) is 0 Å². The molecule has 0 saturated carbocycles. The Bertz CT molecular complexity index is 790. The summed E-state index contributed by atoms with van der Waals surface area (Å²) in [6.45, 7) is 1.23. The molecule has 1 aliphatic heterocycles. The highest BCUT2D eigenvalue weighted by molar-refractivity contribution is 5.97. The molecule has 3 rings (SSSR count). The summed E-state index contributed by atoms with van der Waals surface area (Å²) in [4.78, 5) is 36.0. The van der Waals surface area contributed by atoms with Crippen LogP contribution in [-0.2, 0) is 0 Å². The van der Waals surface area contributed by atoms with Gasteiger partial charge >= 0.3 is 5.63 Å². The fourth-order valence-corrected chi connectivity index (χ4v) is 2.46. The molecule has 1 amide bonds. The molecular weight excluding hydrogens is 276 g/mol. The van der Waals surface area contributed by atoms with Gasteiger partial charge in [-0.25, -0.2) is 4.79 Å². The molecule has 108 valence electrons. The number of nitrogens with zero attached hydrogens (tertiary/aromatic N) is 2. The molecule has 1 aliphatic rings. The third-order valence-corrected chi connectivity index (χ3v) is 3.55. The number of hydrogen-bond acceptors (Lipinski definition) is 5. The molecule has 0 radical (unpaired) electrons. The van der Waals surface area contributed by atoms with Crippen molar-refractivity contribution in [1.29, 1.82) is 0 Å². The second-order valence-electron chi connectivity index (χ2n) is 4.93. The lowest BCUT2D eigenvalue weighted by Gasteiger charge is -2.14. The minimum Gasteiger partial charge on any atom is -0.422 e. The third-order valence-electron chi connectivity index (χ3n) is 3.55. The fraction of sp³-hybridized carbons (Fsp3) is 0.286. The second-order valence-corrected chi connectivity index (χ2v) is 4.93. The van der Waals surface area contributed by atoms with Gasteiger partial charge in [0.1, 0.15) is 11.1 Å². The summed E-state index contributed by atoms with van der Waals surface area (Å²) in [5, 5.41) is 11.1. The number of amides is 1. The minimum absolute atomic E-state index is 0.0788. The van der Waals surface area contributed by atoms with E-state index < -0.39 is 10.5 Å². The zero-order chi connectivity index (χ0) is 15.0.